The summed E-state index contributed by atoms with van der Waals surface area (Å²) in [4.78, 5) is 4.02. The van der Waals surface area contributed by atoms with Crippen LogP contribution in [-0.2, 0) is 0 Å². The highest BCUT2D eigenvalue weighted by Gasteiger charge is 2.10. The number of hydrogen-bond donors (Lipinski definition) is 1. The van der Waals surface area contributed by atoms with E-state index in [0.29, 0.717) is 5.02 Å². The monoisotopic (exact) mass is 297 g/mol. The molecule has 0 amide bonds. The number of halogens is 2. The maximum Gasteiger partial charge on any atom is 0.106 e. The van der Waals surface area contributed by atoms with E-state index in [1.54, 1.807) is 36.7 Å². The van der Waals surface area contributed by atoms with Gasteiger partial charge in [0.15, 0.2) is 0 Å². The molecule has 0 bridgehead atoms. The summed E-state index contributed by atoms with van der Waals surface area (Å²) in [5.74, 6) is 0. The Labute approximate surface area is 107 Å². The van der Waals surface area contributed by atoms with Crippen LogP contribution in [0.1, 0.15) is 17.2 Å². The molecule has 0 fully saturated rings. The lowest BCUT2D eigenvalue weighted by Gasteiger charge is -2.11. The molecular weight excluding hydrogens is 289 g/mol. The van der Waals surface area contributed by atoms with Crippen molar-refractivity contribution >= 4 is 27.5 Å². The summed E-state index contributed by atoms with van der Waals surface area (Å²) in [6.07, 6.45) is 2.64. The fourth-order valence-electron chi connectivity index (χ4n) is 1.42. The highest BCUT2D eigenvalue weighted by atomic mass is 79.9. The van der Waals surface area contributed by atoms with E-state index < -0.39 is 6.10 Å². The van der Waals surface area contributed by atoms with Gasteiger partial charge < -0.3 is 5.11 Å². The smallest absolute Gasteiger partial charge is 0.106 e. The molecule has 82 valence electrons. The van der Waals surface area contributed by atoms with Crippen molar-refractivity contribution in [3.05, 3.63) is 63.3 Å². The first-order valence-corrected chi connectivity index (χ1v) is 5.88. The minimum atomic E-state index is -0.678. The number of nitrogens with zero attached hydrogens (tertiary/aromatic N) is 1. The topological polar surface area (TPSA) is 33.1 Å². The average molecular weight is 299 g/mol. The summed E-state index contributed by atoms with van der Waals surface area (Å²) in [5.41, 5.74) is 1.54. The first-order valence-electron chi connectivity index (χ1n) is 4.71. The SMILES string of the molecule is OC(c1ccc(Cl)cc1)c1cncc(Br)c1. The van der Waals surface area contributed by atoms with Crippen LogP contribution in [0.5, 0.6) is 0 Å². The Balaban J connectivity index is 2.31. The summed E-state index contributed by atoms with van der Waals surface area (Å²) in [6.45, 7) is 0. The molecule has 1 atom stereocenters. The normalized spacial score (nSPS) is 12.4. The van der Waals surface area contributed by atoms with Crippen LogP contribution in [0.4, 0.5) is 0 Å². The minimum Gasteiger partial charge on any atom is -0.384 e. The van der Waals surface area contributed by atoms with Crippen LogP contribution in [0.2, 0.25) is 5.02 Å². The molecule has 16 heavy (non-hydrogen) atoms. The van der Waals surface area contributed by atoms with Gasteiger partial charge in [0.25, 0.3) is 0 Å². The van der Waals surface area contributed by atoms with Gasteiger partial charge in [-0.15, -0.1) is 0 Å². The Morgan fingerprint density at radius 2 is 1.81 bits per heavy atom. The zero-order valence-electron chi connectivity index (χ0n) is 8.27. The Kier molecular flexibility index (Phi) is 3.59. The molecule has 2 aromatic rings. The standard InChI is InChI=1S/C12H9BrClNO/c13-10-5-9(6-15-7-10)12(16)8-1-3-11(14)4-2-8/h1-7,12,16H. The first kappa shape index (κ1) is 11.6. The Morgan fingerprint density at radius 3 is 2.44 bits per heavy atom. The Morgan fingerprint density at radius 1 is 1.12 bits per heavy atom. The van der Waals surface area contributed by atoms with Gasteiger partial charge in [0.1, 0.15) is 6.10 Å². The summed E-state index contributed by atoms with van der Waals surface area (Å²) < 4.78 is 0.845. The zero-order valence-corrected chi connectivity index (χ0v) is 10.6. The van der Waals surface area contributed by atoms with Gasteiger partial charge in [-0.3, -0.25) is 4.98 Å². The molecule has 0 saturated carbocycles. The van der Waals surface area contributed by atoms with Crippen molar-refractivity contribution < 1.29 is 5.11 Å². The van der Waals surface area contributed by atoms with Gasteiger partial charge in [-0.2, -0.15) is 0 Å². The molecule has 1 aromatic carbocycles. The molecule has 2 rings (SSSR count). The lowest BCUT2D eigenvalue weighted by Crippen LogP contribution is -1.99. The summed E-state index contributed by atoms with van der Waals surface area (Å²) in [6, 6.07) is 8.95. The molecule has 0 aliphatic heterocycles. The fraction of sp³-hybridized carbons (Fsp3) is 0.0833. The predicted octanol–water partition coefficient (Wildman–Crippen LogP) is 3.58. The van der Waals surface area contributed by atoms with E-state index in [9.17, 15) is 5.11 Å². The third-order valence-electron chi connectivity index (χ3n) is 2.23. The summed E-state index contributed by atoms with van der Waals surface area (Å²) >= 11 is 9.11. The van der Waals surface area contributed by atoms with Crippen molar-refractivity contribution in [1.29, 1.82) is 0 Å². The largest absolute Gasteiger partial charge is 0.384 e. The van der Waals surface area contributed by atoms with Gasteiger partial charge in [-0.05, 0) is 39.7 Å². The summed E-state index contributed by atoms with van der Waals surface area (Å²) in [7, 11) is 0. The summed E-state index contributed by atoms with van der Waals surface area (Å²) in [5, 5.41) is 10.8. The predicted molar refractivity (Wildman–Crippen MR) is 67.5 cm³/mol. The second kappa shape index (κ2) is 4.95. The molecular formula is C12H9BrClNO. The van der Waals surface area contributed by atoms with Gasteiger partial charge >= 0.3 is 0 Å². The third-order valence-corrected chi connectivity index (χ3v) is 2.91. The highest BCUT2D eigenvalue weighted by molar-refractivity contribution is 9.10. The van der Waals surface area contributed by atoms with Crippen molar-refractivity contribution in [2.24, 2.45) is 0 Å². The van der Waals surface area contributed by atoms with Crippen LogP contribution in [-0.4, -0.2) is 10.1 Å². The number of aromatic nitrogens is 1. The number of hydrogen-bond acceptors (Lipinski definition) is 2. The number of aliphatic hydroxyl groups excluding tert-OH is 1. The van der Waals surface area contributed by atoms with E-state index in [-0.39, 0.29) is 0 Å². The first-order chi connectivity index (χ1) is 7.66. The maximum absolute atomic E-state index is 10.1. The second-order valence-electron chi connectivity index (χ2n) is 3.39. The molecule has 1 aromatic heterocycles. The van der Waals surface area contributed by atoms with Gasteiger partial charge in [0.2, 0.25) is 0 Å². The van der Waals surface area contributed by atoms with Crippen LogP contribution in [0.25, 0.3) is 0 Å². The molecule has 4 heteroatoms. The zero-order chi connectivity index (χ0) is 11.5. The van der Waals surface area contributed by atoms with Gasteiger partial charge in [-0.25, -0.2) is 0 Å². The van der Waals surface area contributed by atoms with Gasteiger partial charge in [-0.1, -0.05) is 23.7 Å². The van der Waals surface area contributed by atoms with Crippen molar-refractivity contribution in [2.45, 2.75) is 6.10 Å². The van der Waals surface area contributed by atoms with E-state index >= 15 is 0 Å². The Bertz CT molecular complexity index is 487. The van der Waals surface area contributed by atoms with Crippen LogP contribution < -0.4 is 0 Å². The van der Waals surface area contributed by atoms with E-state index in [1.165, 1.54) is 0 Å². The third kappa shape index (κ3) is 2.61. The minimum absolute atomic E-state index is 0.656. The van der Waals surface area contributed by atoms with Gasteiger partial charge in [0, 0.05) is 27.5 Å². The maximum atomic E-state index is 10.1. The van der Waals surface area contributed by atoms with Crippen molar-refractivity contribution in [1.82, 2.24) is 4.98 Å². The number of rotatable bonds is 2. The quantitative estimate of drug-likeness (QED) is 0.919. The Hall–Kier alpha value is -0.900. The molecule has 2 nitrogen and oxygen atoms in total. The van der Waals surface area contributed by atoms with Gasteiger partial charge in [0.05, 0.1) is 0 Å². The molecule has 1 heterocycles. The molecule has 1 N–H and O–H groups in total. The molecule has 0 aliphatic carbocycles. The molecule has 1 unspecified atom stereocenters. The van der Waals surface area contributed by atoms with Crippen LogP contribution in [0.3, 0.4) is 0 Å². The van der Waals surface area contributed by atoms with Crippen LogP contribution in [0, 0.1) is 0 Å². The van der Waals surface area contributed by atoms with Crippen molar-refractivity contribution in [2.75, 3.05) is 0 Å². The number of benzene rings is 1. The number of pyridine rings is 1. The van der Waals surface area contributed by atoms with E-state index in [0.717, 1.165) is 15.6 Å². The van der Waals surface area contributed by atoms with Crippen molar-refractivity contribution in [3.63, 3.8) is 0 Å². The molecule has 0 spiro atoms. The molecule has 0 saturated heterocycles. The highest BCUT2D eigenvalue weighted by Crippen LogP contribution is 2.24. The molecule has 0 radical (unpaired) electrons. The lowest BCUT2D eigenvalue weighted by molar-refractivity contribution is 0.220. The second-order valence-corrected chi connectivity index (χ2v) is 4.74. The van der Waals surface area contributed by atoms with E-state index in [2.05, 4.69) is 20.9 Å². The number of aliphatic hydroxyl groups is 1. The van der Waals surface area contributed by atoms with E-state index in [1.807, 2.05) is 6.07 Å². The van der Waals surface area contributed by atoms with E-state index in [4.69, 9.17) is 11.6 Å². The molecule has 0 aliphatic rings. The average Bonchev–Trinajstić information content (AvgIpc) is 2.29. The van der Waals surface area contributed by atoms with Crippen molar-refractivity contribution in [3.8, 4) is 0 Å². The van der Waals surface area contributed by atoms with Crippen LogP contribution >= 0.6 is 27.5 Å². The lowest BCUT2D eigenvalue weighted by atomic mass is 10.0. The fourth-order valence-corrected chi connectivity index (χ4v) is 1.92. The van der Waals surface area contributed by atoms with Crippen LogP contribution in [0.15, 0.2) is 47.2 Å².